The Balaban J connectivity index is 1.64. The molecule has 0 aliphatic carbocycles. The summed E-state index contributed by atoms with van der Waals surface area (Å²) in [6.07, 6.45) is 4.16. The minimum atomic E-state index is -0.512. The Hall–Kier alpha value is -2.47. The van der Waals surface area contributed by atoms with Crippen LogP contribution in [-0.4, -0.2) is 39.9 Å². The van der Waals surface area contributed by atoms with Gasteiger partial charge in [0.1, 0.15) is 0 Å². The fourth-order valence-corrected chi connectivity index (χ4v) is 3.22. The first kappa shape index (κ1) is 16.4. The van der Waals surface area contributed by atoms with E-state index < -0.39 is 6.04 Å². The normalized spacial score (nSPS) is 19.0. The van der Waals surface area contributed by atoms with E-state index in [-0.39, 0.29) is 17.8 Å². The standard InChI is InChI=1S/C18H23N5O/c19-15(11-13-5-2-1-3-6-13)17(24)23-10-4-7-14(12-23)16-8-9-21-18(20)22-16/h1-3,5-6,8-9,14-15H,4,7,10-12,19H2,(H2,20,21,22)/t14?,15-/m1/s1. The molecule has 2 heterocycles. The van der Waals surface area contributed by atoms with Crippen LogP contribution in [0.15, 0.2) is 42.6 Å². The number of aromatic nitrogens is 2. The summed E-state index contributed by atoms with van der Waals surface area (Å²) in [6.45, 7) is 1.39. The maximum absolute atomic E-state index is 12.7. The molecule has 2 aromatic rings. The molecule has 1 fully saturated rings. The SMILES string of the molecule is Nc1nccc(C2CCCN(C(=O)[C@H](N)Cc3ccccc3)C2)n1. The van der Waals surface area contributed by atoms with Crippen LogP contribution in [0.1, 0.15) is 30.0 Å². The van der Waals surface area contributed by atoms with Crippen LogP contribution < -0.4 is 11.5 Å². The van der Waals surface area contributed by atoms with Gasteiger partial charge < -0.3 is 16.4 Å². The molecule has 0 radical (unpaired) electrons. The van der Waals surface area contributed by atoms with Gasteiger partial charge in [0.25, 0.3) is 0 Å². The van der Waals surface area contributed by atoms with Crippen molar-refractivity contribution in [2.45, 2.75) is 31.2 Å². The molecule has 0 spiro atoms. The van der Waals surface area contributed by atoms with E-state index in [9.17, 15) is 4.79 Å². The van der Waals surface area contributed by atoms with Gasteiger partial charge in [-0.1, -0.05) is 30.3 Å². The van der Waals surface area contributed by atoms with E-state index in [1.165, 1.54) is 0 Å². The summed E-state index contributed by atoms with van der Waals surface area (Å²) < 4.78 is 0. The number of nitrogens with zero attached hydrogens (tertiary/aromatic N) is 3. The zero-order valence-electron chi connectivity index (χ0n) is 13.6. The van der Waals surface area contributed by atoms with Crippen molar-refractivity contribution in [3.05, 3.63) is 53.9 Å². The number of carbonyl (C=O) groups is 1. The number of anilines is 1. The molecule has 1 aliphatic rings. The molecule has 1 unspecified atom stereocenters. The van der Waals surface area contributed by atoms with E-state index in [1.54, 1.807) is 6.20 Å². The smallest absolute Gasteiger partial charge is 0.239 e. The highest BCUT2D eigenvalue weighted by molar-refractivity contribution is 5.82. The first-order valence-electron chi connectivity index (χ1n) is 8.30. The van der Waals surface area contributed by atoms with Gasteiger partial charge in [0, 0.05) is 25.2 Å². The third-order valence-corrected chi connectivity index (χ3v) is 4.46. The van der Waals surface area contributed by atoms with Crippen LogP contribution in [0, 0.1) is 0 Å². The summed E-state index contributed by atoms with van der Waals surface area (Å²) >= 11 is 0. The number of amides is 1. The predicted octanol–water partition coefficient (Wildman–Crippen LogP) is 1.33. The van der Waals surface area contributed by atoms with Crippen LogP contribution in [0.3, 0.4) is 0 Å². The number of nitrogens with two attached hydrogens (primary N) is 2. The van der Waals surface area contributed by atoms with Crippen molar-refractivity contribution in [3.8, 4) is 0 Å². The maximum atomic E-state index is 12.7. The highest BCUT2D eigenvalue weighted by atomic mass is 16.2. The van der Waals surface area contributed by atoms with Gasteiger partial charge in [0.05, 0.1) is 11.7 Å². The largest absolute Gasteiger partial charge is 0.368 e. The van der Waals surface area contributed by atoms with Crippen molar-refractivity contribution in [1.82, 2.24) is 14.9 Å². The lowest BCUT2D eigenvalue weighted by atomic mass is 9.93. The van der Waals surface area contributed by atoms with Crippen LogP contribution in [0.25, 0.3) is 0 Å². The molecule has 4 N–H and O–H groups in total. The molecule has 1 aromatic heterocycles. The first-order chi connectivity index (χ1) is 11.6. The van der Waals surface area contributed by atoms with Crippen LogP contribution >= 0.6 is 0 Å². The molecule has 1 amide bonds. The summed E-state index contributed by atoms with van der Waals surface area (Å²) in [4.78, 5) is 22.8. The van der Waals surface area contributed by atoms with Crippen LogP contribution in [0.4, 0.5) is 5.95 Å². The third-order valence-electron chi connectivity index (χ3n) is 4.46. The lowest BCUT2D eigenvalue weighted by Gasteiger charge is -2.34. The average molecular weight is 325 g/mol. The van der Waals surface area contributed by atoms with E-state index in [2.05, 4.69) is 9.97 Å². The van der Waals surface area contributed by atoms with Crippen molar-refractivity contribution < 1.29 is 4.79 Å². The van der Waals surface area contributed by atoms with Crippen molar-refractivity contribution in [3.63, 3.8) is 0 Å². The summed E-state index contributed by atoms with van der Waals surface area (Å²) in [5, 5.41) is 0. The maximum Gasteiger partial charge on any atom is 0.239 e. The molecular formula is C18H23N5O. The number of piperidine rings is 1. The van der Waals surface area contributed by atoms with E-state index in [4.69, 9.17) is 11.5 Å². The van der Waals surface area contributed by atoms with Gasteiger partial charge in [-0.05, 0) is 30.9 Å². The van der Waals surface area contributed by atoms with E-state index in [0.29, 0.717) is 13.0 Å². The van der Waals surface area contributed by atoms with E-state index >= 15 is 0 Å². The number of likely N-dealkylation sites (tertiary alicyclic amines) is 1. The molecule has 6 heteroatoms. The highest BCUT2D eigenvalue weighted by Gasteiger charge is 2.28. The Morgan fingerprint density at radius 2 is 2.08 bits per heavy atom. The van der Waals surface area contributed by atoms with Gasteiger partial charge in [-0.2, -0.15) is 0 Å². The Morgan fingerprint density at radius 3 is 2.83 bits per heavy atom. The van der Waals surface area contributed by atoms with Gasteiger partial charge in [-0.15, -0.1) is 0 Å². The summed E-state index contributed by atoms with van der Waals surface area (Å²) in [5.41, 5.74) is 13.8. The second-order valence-corrected chi connectivity index (χ2v) is 6.26. The molecule has 1 saturated heterocycles. The third kappa shape index (κ3) is 3.89. The Kier molecular flexibility index (Phi) is 5.05. The zero-order chi connectivity index (χ0) is 16.9. The van der Waals surface area contributed by atoms with Crippen molar-refractivity contribution in [2.24, 2.45) is 5.73 Å². The topological polar surface area (TPSA) is 98.1 Å². The van der Waals surface area contributed by atoms with Crippen molar-refractivity contribution in [1.29, 1.82) is 0 Å². The fourth-order valence-electron chi connectivity index (χ4n) is 3.22. The Morgan fingerprint density at radius 1 is 1.29 bits per heavy atom. The average Bonchev–Trinajstić information content (AvgIpc) is 2.62. The fraction of sp³-hybridized carbons (Fsp3) is 0.389. The van der Waals surface area contributed by atoms with Crippen LogP contribution in [0.5, 0.6) is 0 Å². The molecule has 3 rings (SSSR count). The Bertz CT molecular complexity index is 691. The van der Waals surface area contributed by atoms with Crippen LogP contribution in [-0.2, 0) is 11.2 Å². The van der Waals surface area contributed by atoms with Crippen molar-refractivity contribution >= 4 is 11.9 Å². The second kappa shape index (κ2) is 7.40. The van der Waals surface area contributed by atoms with Crippen LogP contribution in [0.2, 0.25) is 0 Å². The highest BCUT2D eigenvalue weighted by Crippen LogP contribution is 2.26. The molecule has 0 bridgehead atoms. The van der Waals surface area contributed by atoms with Gasteiger partial charge in [0.15, 0.2) is 0 Å². The second-order valence-electron chi connectivity index (χ2n) is 6.26. The number of hydrogen-bond donors (Lipinski definition) is 2. The summed E-state index contributed by atoms with van der Waals surface area (Å²) in [7, 11) is 0. The zero-order valence-corrected chi connectivity index (χ0v) is 13.6. The van der Waals surface area contributed by atoms with Crippen molar-refractivity contribution in [2.75, 3.05) is 18.8 Å². The number of nitrogen functional groups attached to an aromatic ring is 1. The van der Waals surface area contributed by atoms with Gasteiger partial charge in [0.2, 0.25) is 11.9 Å². The van der Waals surface area contributed by atoms with Gasteiger partial charge in [-0.25, -0.2) is 9.97 Å². The number of hydrogen-bond acceptors (Lipinski definition) is 5. The quantitative estimate of drug-likeness (QED) is 0.884. The lowest BCUT2D eigenvalue weighted by molar-refractivity contribution is -0.133. The van der Waals surface area contributed by atoms with Gasteiger partial charge in [-0.3, -0.25) is 4.79 Å². The first-order valence-corrected chi connectivity index (χ1v) is 8.30. The number of benzene rings is 1. The Labute approximate surface area is 141 Å². The van der Waals surface area contributed by atoms with E-state index in [0.717, 1.165) is 30.6 Å². The number of carbonyl (C=O) groups excluding carboxylic acids is 1. The monoisotopic (exact) mass is 325 g/mol. The van der Waals surface area contributed by atoms with Gasteiger partial charge >= 0.3 is 0 Å². The molecule has 126 valence electrons. The molecule has 1 aliphatic heterocycles. The lowest BCUT2D eigenvalue weighted by Crippen LogP contribution is -2.48. The summed E-state index contributed by atoms with van der Waals surface area (Å²) in [6, 6.07) is 11.2. The summed E-state index contributed by atoms with van der Waals surface area (Å²) in [5.74, 6) is 0.472. The molecular weight excluding hydrogens is 302 g/mol. The minimum Gasteiger partial charge on any atom is -0.368 e. The predicted molar refractivity (Wildman–Crippen MR) is 93.1 cm³/mol. The molecule has 1 aromatic carbocycles. The van der Waals surface area contributed by atoms with E-state index in [1.807, 2.05) is 41.3 Å². The molecule has 0 saturated carbocycles. The molecule has 2 atom stereocenters. The molecule has 6 nitrogen and oxygen atoms in total. The minimum absolute atomic E-state index is 0.00517. The molecule has 24 heavy (non-hydrogen) atoms. The number of rotatable bonds is 4.